The van der Waals surface area contributed by atoms with Gasteiger partial charge in [0.05, 0.1) is 11.5 Å². The second-order valence-electron chi connectivity index (χ2n) is 5.49. The summed E-state index contributed by atoms with van der Waals surface area (Å²) in [5.74, 6) is -0.304. The summed E-state index contributed by atoms with van der Waals surface area (Å²) >= 11 is 3.36. The average molecular weight is 406 g/mol. The molecule has 1 amide bonds. The molecule has 0 saturated carbocycles. The number of nitrogens with zero attached hydrogens (tertiary/aromatic N) is 2. The largest absolute Gasteiger partial charge is 0.360 e. The van der Waals surface area contributed by atoms with Crippen molar-refractivity contribution < 1.29 is 14.5 Å². The summed E-state index contributed by atoms with van der Waals surface area (Å²) in [6.07, 6.45) is 0.541. The third kappa shape index (κ3) is 4.63. The Balaban J connectivity index is 2.16. The molecule has 2 aromatic carbocycles. The molecule has 7 nitrogen and oxygen atoms in total. The van der Waals surface area contributed by atoms with E-state index in [1.165, 1.54) is 23.1 Å². The van der Waals surface area contributed by atoms with E-state index in [1.54, 1.807) is 13.1 Å². The highest BCUT2D eigenvalue weighted by Crippen LogP contribution is 2.28. The number of nitrogens with one attached hydrogen (secondary N) is 1. The lowest BCUT2D eigenvalue weighted by molar-refractivity contribution is -0.384. The van der Waals surface area contributed by atoms with Gasteiger partial charge in [0.1, 0.15) is 12.0 Å². The molecule has 0 radical (unpaired) electrons. The number of halogens is 1. The van der Waals surface area contributed by atoms with Gasteiger partial charge in [-0.05, 0) is 42.8 Å². The summed E-state index contributed by atoms with van der Waals surface area (Å²) in [6.45, 7) is 1.80. The number of likely N-dealkylation sites (N-methyl/N-ethyl adjacent to an activating group) is 1. The van der Waals surface area contributed by atoms with Gasteiger partial charge in [-0.25, -0.2) is 0 Å². The lowest BCUT2D eigenvalue weighted by Gasteiger charge is -2.19. The van der Waals surface area contributed by atoms with Crippen molar-refractivity contribution in [3.63, 3.8) is 0 Å². The maximum Gasteiger partial charge on any atom is 0.293 e. The Hall–Kier alpha value is -2.74. The number of benzene rings is 2. The first kappa shape index (κ1) is 18.6. The van der Waals surface area contributed by atoms with E-state index < -0.39 is 4.92 Å². The number of hydrogen-bond donors (Lipinski definition) is 1. The van der Waals surface area contributed by atoms with E-state index >= 15 is 0 Å². The molecule has 0 aliphatic carbocycles. The molecule has 25 heavy (non-hydrogen) atoms. The third-order valence-electron chi connectivity index (χ3n) is 3.59. The van der Waals surface area contributed by atoms with Crippen molar-refractivity contribution in [2.24, 2.45) is 0 Å². The molecular weight excluding hydrogens is 390 g/mol. The number of amides is 1. The Kier molecular flexibility index (Phi) is 5.87. The minimum absolute atomic E-state index is 0.0726. The summed E-state index contributed by atoms with van der Waals surface area (Å²) in [6, 6.07) is 9.59. The standard InChI is InChI=1S/C17H16BrN3O4/c1-11-7-13(18)4-5-14(11)19-17(23)9-20(2)15-6-3-12(10-22)8-16(15)21(24)25/h3-8,10H,9H2,1-2H3,(H,19,23). The molecular formula is C17H16BrN3O4. The highest BCUT2D eigenvalue weighted by molar-refractivity contribution is 9.10. The molecule has 0 spiro atoms. The van der Waals surface area contributed by atoms with Gasteiger partial charge in [-0.2, -0.15) is 0 Å². The predicted octanol–water partition coefficient (Wildman–Crippen LogP) is 3.55. The zero-order valence-electron chi connectivity index (χ0n) is 13.7. The molecule has 130 valence electrons. The molecule has 8 heteroatoms. The Morgan fingerprint density at radius 1 is 1.32 bits per heavy atom. The fourth-order valence-electron chi connectivity index (χ4n) is 2.34. The number of aldehydes is 1. The van der Waals surface area contributed by atoms with E-state index in [2.05, 4.69) is 21.2 Å². The first-order valence-electron chi connectivity index (χ1n) is 7.32. The molecule has 0 fully saturated rings. The predicted molar refractivity (Wildman–Crippen MR) is 99.3 cm³/mol. The number of aryl methyl sites for hydroxylation is 1. The minimum atomic E-state index is -0.574. The number of carbonyl (C=O) groups is 2. The van der Waals surface area contributed by atoms with Gasteiger partial charge in [0.2, 0.25) is 5.91 Å². The van der Waals surface area contributed by atoms with Crippen LogP contribution in [0.3, 0.4) is 0 Å². The molecule has 2 rings (SSSR count). The van der Waals surface area contributed by atoms with Crippen molar-refractivity contribution in [1.29, 1.82) is 0 Å². The number of hydrogen-bond acceptors (Lipinski definition) is 5. The Morgan fingerprint density at radius 3 is 2.64 bits per heavy atom. The number of rotatable bonds is 6. The normalized spacial score (nSPS) is 10.2. The Morgan fingerprint density at radius 2 is 2.04 bits per heavy atom. The average Bonchev–Trinajstić information content (AvgIpc) is 2.56. The van der Waals surface area contributed by atoms with Crippen molar-refractivity contribution in [3.8, 4) is 0 Å². The summed E-state index contributed by atoms with van der Waals surface area (Å²) in [5.41, 5.74) is 1.82. The molecule has 0 atom stereocenters. The highest BCUT2D eigenvalue weighted by atomic mass is 79.9. The van der Waals surface area contributed by atoms with Crippen molar-refractivity contribution >= 4 is 45.2 Å². The van der Waals surface area contributed by atoms with Crippen LogP contribution in [-0.4, -0.2) is 30.7 Å². The molecule has 0 unspecified atom stereocenters. The second-order valence-corrected chi connectivity index (χ2v) is 6.40. The van der Waals surface area contributed by atoms with E-state index in [0.717, 1.165) is 10.0 Å². The molecule has 0 aliphatic heterocycles. The van der Waals surface area contributed by atoms with Crippen LogP contribution in [0.15, 0.2) is 40.9 Å². The number of nitro groups is 1. The van der Waals surface area contributed by atoms with E-state index in [0.29, 0.717) is 12.0 Å². The van der Waals surface area contributed by atoms with Gasteiger partial charge in [0.15, 0.2) is 0 Å². The van der Waals surface area contributed by atoms with Crippen LogP contribution in [-0.2, 0) is 4.79 Å². The molecule has 1 N–H and O–H groups in total. The van der Waals surface area contributed by atoms with Crippen LogP contribution in [0.25, 0.3) is 0 Å². The molecule has 0 aliphatic rings. The number of anilines is 2. The monoisotopic (exact) mass is 405 g/mol. The zero-order valence-corrected chi connectivity index (χ0v) is 15.2. The fraction of sp³-hybridized carbons (Fsp3) is 0.176. The van der Waals surface area contributed by atoms with E-state index in [9.17, 15) is 19.7 Å². The van der Waals surface area contributed by atoms with Crippen molar-refractivity contribution in [3.05, 3.63) is 62.1 Å². The molecule has 0 saturated heterocycles. The van der Waals surface area contributed by atoms with E-state index in [-0.39, 0.29) is 29.4 Å². The van der Waals surface area contributed by atoms with Crippen molar-refractivity contribution in [1.82, 2.24) is 0 Å². The van der Waals surface area contributed by atoms with Gasteiger partial charge in [0, 0.05) is 28.8 Å². The number of nitro benzene ring substituents is 1. The maximum absolute atomic E-state index is 12.2. The van der Waals surface area contributed by atoms with Gasteiger partial charge >= 0.3 is 0 Å². The Bertz CT molecular complexity index is 839. The third-order valence-corrected chi connectivity index (χ3v) is 4.08. The summed E-state index contributed by atoms with van der Waals surface area (Å²) < 4.78 is 0.908. The zero-order chi connectivity index (χ0) is 18.6. The van der Waals surface area contributed by atoms with Gasteiger partial charge in [-0.15, -0.1) is 0 Å². The van der Waals surface area contributed by atoms with Crippen LogP contribution < -0.4 is 10.2 Å². The van der Waals surface area contributed by atoms with E-state index in [4.69, 9.17) is 0 Å². The lowest BCUT2D eigenvalue weighted by Crippen LogP contribution is -2.30. The van der Waals surface area contributed by atoms with Gasteiger partial charge in [-0.1, -0.05) is 15.9 Å². The second kappa shape index (κ2) is 7.89. The Labute approximate surface area is 152 Å². The quantitative estimate of drug-likeness (QED) is 0.450. The summed E-state index contributed by atoms with van der Waals surface area (Å²) in [4.78, 5) is 35.1. The first-order valence-corrected chi connectivity index (χ1v) is 8.12. The van der Waals surface area contributed by atoms with Gasteiger partial charge in [0.25, 0.3) is 5.69 Å². The van der Waals surface area contributed by atoms with Crippen LogP contribution in [0.4, 0.5) is 17.1 Å². The fourth-order valence-corrected chi connectivity index (χ4v) is 2.82. The molecule has 2 aromatic rings. The summed E-state index contributed by atoms with van der Waals surface area (Å²) in [5, 5.41) is 14.0. The first-order chi connectivity index (χ1) is 11.8. The van der Waals surface area contributed by atoms with Crippen molar-refractivity contribution in [2.75, 3.05) is 23.8 Å². The topological polar surface area (TPSA) is 92.6 Å². The van der Waals surface area contributed by atoms with Crippen molar-refractivity contribution in [2.45, 2.75) is 6.92 Å². The molecule has 0 aromatic heterocycles. The van der Waals surface area contributed by atoms with Crippen LogP contribution >= 0.6 is 15.9 Å². The number of carbonyl (C=O) groups excluding carboxylic acids is 2. The molecule has 0 heterocycles. The smallest absolute Gasteiger partial charge is 0.293 e. The molecule has 0 bridgehead atoms. The van der Waals surface area contributed by atoms with Crippen LogP contribution in [0, 0.1) is 17.0 Å². The van der Waals surface area contributed by atoms with Gasteiger partial charge < -0.3 is 10.2 Å². The van der Waals surface area contributed by atoms with Crippen LogP contribution in [0.5, 0.6) is 0 Å². The van der Waals surface area contributed by atoms with Crippen LogP contribution in [0.2, 0.25) is 0 Å². The SMILES string of the molecule is Cc1cc(Br)ccc1NC(=O)CN(C)c1ccc(C=O)cc1[N+](=O)[O-]. The maximum atomic E-state index is 12.2. The summed E-state index contributed by atoms with van der Waals surface area (Å²) in [7, 11) is 1.58. The minimum Gasteiger partial charge on any atom is -0.360 e. The van der Waals surface area contributed by atoms with Gasteiger partial charge in [-0.3, -0.25) is 19.7 Å². The van der Waals surface area contributed by atoms with Crippen LogP contribution in [0.1, 0.15) is 15.9 Å². The van der Waals surface area contributed by atoms with E-state index in [1.807, 2.05) is 19.1 Å². The lowest BCUT2D eigenvalue weighted by atomic mass is 10.1. The highest BCUT2D eigenvalue weighted by Gasteiger charge is 2.19.